The first-order valence-corrected chi connectivity index (χ1v) is 5.65. The van der Waals surface area contributed by atoms with E-state index in [2.05, 4.69) is 9.97 Å². The van der Waals surface area contributed by atoms with Crippen LogP contribution in [-0.4, -0.2) is 23.2 Å². The van der Waals surface area contributed by atoms with Crippen LogP contribution in [0, 0.1) is 6.92 Å². The number of aromatic nitrogens is 2. The summed E-state index contributed by atoms with van der Waals surface area (Å²) in [6, 6.07) is 9.58. The van der Waals surface area contributed by atoms with Crippen LogP contribution in [0.15, 0.2) is 36.7 Å². The van der Waals surface area contributed by atoms with Gasteiger partial charge in [-0.2, -0.15) is 0 Å². The number of anilines is 1. The standard InChI is InChI=1S/C13H15N3O2/c1-10-12(14)15-9-16-13(10)18-8-7-17-11-5-3-2-4-6-11/h2-6,9H,7-8H2,1H3,(H2,14,15,16). The van der Waals surface area contributed by atoms with Gasteiger partial charge in [-0.05, 0) is 19.1 Å². The Kier molecular flexibility index (Phi) is 3.96. The Hall–Kier alpha value is -2.30. The van der Waals surface area contributed by atoms with Crippen molar-refractivity contribution in [3.05, 3.63) is 42.2 Å². The van der Waals surface area contributed by atoms with Gasteiger partial charge in [-0.25, -0.2) is 9.97 Å². The van der Waals surface area contributed by atoms with Crippen molar-refractivity contribution in [1.82, 2.24) is 9.97 Å². The van der Waals surface area contributed by atoms with Crippen LogP contribution in [0.3, 0.4) is 0 Å². The third-order valence-corrected chi connectivity index (χ3v) is 2.41. The largest absolute Gasteiger partial charge is 0.490 e. The van der Waals surface area contributed by atoms with Crippen molar-refractivity contribution in [2.45, 2.75) is 6.92 Å². The van der Waals surface area contributed by atoms with Crippen LogP contribution < -0.4 is 15.2 Å². The lowest BCUT2D eigenvalue weighted by atomic mass is 10.3. The second-order valence-electron chi connectivity index (χ2n) is 3.70. The Morgan fingerprint density at radius 3 is 2.56 bits per heavy atom. The van der Waals surface area contributed by atoms with Gasteiger partial charge in [0.05, 0.1) is 5.56 Å². The summed E-state index contributed by atoms with van der Waals surface area (Å²) in [5, 5.41) is 0. The van der Waals surface area contributed by atoms with Gasteiger partial charge in [0.2, 0.25) is 5.88 Å². The van der Waals surface area contributed by atoms with Crippen LogP contribution in [0.25, 0.3) is 0 Å². The normalized spacial score (nSPS) is 10.1. The number of hydrogen-bond acceptors (Lipinski definition) is 5. The quantitative estimate of drug-likeness (QED) is 0.814. The SMILES string of the molecule is Cc1c(N)ncnc1OCCOc1ccccc1. The fraction of sp³-hybridized carbons (Fsp3) is 0.231. The molecule has 0 aliphatic carbocycles. The minimum absolute atomic E-state index is 0.409. The van der Waals surface area contributed by atoms with Gasteiger partial charge in [0.15, 0.2) is 0 Å². The van der Waals surface area contributed by atoms with Crippen molar-refractivity contribution in [1.29, 1.82) is 0 Å². The second-order valence-corrected chi connectivity index (χ2v) is 3.70. The topological polar surface area (TPSA) is 70.3 Å². The first-order chi connectivity index (χ1) is 8.77. The number of benzene rings is 1. The van der Waals surface area contributed by atoms with Gasteiger partial charge in [-0.1, -0.05) is 18.2 Å². The number of para-hydroxylation sites is 1. The fourth-order valence-corrected chi connectivity index (χ4v) is 1.41. The second kappa shape index (κ2) is 5.86. The molecule has 1 aromatic carbocycles. The first-order valence-electron chi connectivity index (χ1n) is 5.65. The summed E-state index contributed by atoms with van der Waals surface area (Å²) in [7, 11) is 0. The zero-order chi connectivity index (χ0) is 12.8. The minimum atomic E-state index is 0.409. The van der Waals surface area contributed by atoms with Gasteiger partial charge in [0.25, 0.3) is 0 Å². The summed E-state index contributed by atoms with van der Waals surface area (Å²) in [6.07, 6.45) is 1.38. The summed E-state index contributed by atoms with van der Waals surface area (Å²) in [5.41, 5.74) is 6.40. The smallest absolute Gasteiger partial charge is 0.221 e. The number of rotatable bonds is 5. The summed E-state index contributed by atoms with van der Waals surface area (Å²) in [6.45, 7) is 2.68. The fourth-order valence-electron chi connectivity index (χ4n) is 1.41. The molecule has 2 rings (SSSR count). The van der Waals surface area contributed by atoms with E-state index in [1.807, 2.05) is 37.3 Å². The molecule has 2 N–H and O–H groups in total. The van der Waals surface area contributed by atoms with Gasteiger partial charge in [-0.15, -0.1) is 0 Å². The van der Waals surface area contributed by atoms with Gasteiger partial charge < -0.3 is 15.2 Å². The maximum absolute atomic E-state index is 5.65. The predicted molar refractivity (Wildman–Crippen MR) is 68.6 cm³/mol. The maximum atomic E-state index is 5.65. The van der Waals surface area contributed by atoms with Crippen LogP contribution in [0.2, 0.25) is 0 Å². The molecule has 0 bridgehead atoms. The number of nitrogens with two attached hydrogens (primary N) is 1. The lowest BCUT2D eigenvalue weighted by molar-refractivity contribution is 0.211. The maximum Gasteiger partial charge on any atom is 0.221 e. The summed E-state index contributed by atoms with van der Waals surface area (Å²) >= 11 is 0. The molecule has 0 spiro atoms. The van der Waals surface area contributed by atoms with Crippen LogP contribution in [0.5, 0.6) is 11.6 Å². The Morgan fingerprint density at radius 1 is 1.06 bits per heavy atom. The molecule has 1 aromatic heterocycles. The molecule has 0 saturated carbocycles. The average molecular weight is 245 g/mol. The van der Waals surface area contributed by atoms with Gasteiger partial charge >= 0.3 is 0 Å². The summed E-state index contributed by atoms with van der Waals surface area (Å²) in [4.78, 5) is 7.89. The van der Waals surface area contributed by atoms with Crippen LogP contribution >= 0.6 is 0 Å². The van der Waals surface area contributed by atoms with Crippen molar-refractivity contribution >= 4 is 5.82 Å². The molecule has 0 aliphatic heterocycles. The van der Waals surface area contributed by atoms with Crippen molar-refractivity contribution in [2.24, 2.45) is 0 Å². The zero-order valence-electron chi connectivity index (χ0n) is 10.2. The summed E-state index contributed by atoms with van der Waals surface area (Å²) < 4.78 is 11.0. The lowest BCUT2D eigenvalue weighted by Gasteiger charge is -2.09. The van der Waals surface area contributed by atoms with Gasteiger partial charge in [-0.3, -0.25) is 0 Å². The highest BCUT2D eigenvalue weighted by atomic mass is 16.5. The van der Waals surface area contributed by atoms with E-state index in [1.54, 1.807) is 0 Å². The van der Waals surface area contributed by atoms with Crippen molar-refractivity contribution in [3.63, 3.8) is 0 Å². The number of nitrogens with zero attached hydrogens (tertiary/aromatic N) is 2. The third-order valence-electron chi connectivity index (χ3n) is 2.41. The van der Waals surface area contributed by atoms with Gasteiger partial charge in [0, 0.05) is 0 Å². The molecule has 2 aromatic rings. The third kappa shape index (κ3) is 3.10. The molecule has 1 heterocycles. The Balaban J connectivity index is 1.81. The van der Waals surface area contributed by atoms with E-state index in [4.69, 9.17) is 15.2 Å². The predicted octanol–water partition coefficient (Wildman–Crippen LogP) is 1.83. The van der Waals surface area contributed by atoms with E-state index >= 15 is 0 Å². The molecule has 0 saturated heterocycles. The number of ether oxygens (including phenoxy) is 2. The minimum Gasteiger partial charge on any atom is -0.490 e. The monoisotopic (exact) mass is 245 g/mol. The molecule has 0 radical (unpaired) electrons. The number of hydrogen-bond donors (Lipinski definition) is 1. The molecule has 5 nitrogen and oxygen atoms in total. The van der Waals surface area contributed by atoms with Crippen molar-refractivity contribution in [3.8, 4) is 11.6 Å². The van der Waals surface area contributed by atoms with E-state index in [0.29, 0.717) is 24.9 Å². The molecule has 18 heavy (non-hydrogen) atoms. The van der Waals surface area contributed by atoms with E-state index in [-0.39, 0.29) is 0 Å². The van der Waals surface area contributed by atoms with Crippen LogP contribution in [0.4, 0.5) is 5.82 Å². The molecular weight excluding hydrogens is 230 g/mol. The zero-order valence-corrected chi connectivity index (χ0v) is 10.2. The van der Waals surface area contributed by atoms with E-state index in [9.17, 15) is 0 Å². The highest BCUT2D eigenvalue weighted by molar-refractivity contribution is 5.43. The Morgan fingerprint density at radius 2 is 1.78 bits per heavy atom. The molecule has 0 unspecified atom stereocenters. The van der Waals surface area contributed by atoms with E-state index < -0.39 is 0 Å². The van der Waals surface area contributed by atoms with Gasteiger partial charge in [0.1, 0.15) is 31.1 Å². The van der Waals surface area contributed by atoms with E-state index in [1.165, 1.54) is 6.33 Å². The van der Waals surface area contributed by atoms with Crippen molar-refractivity contribution < 1.29 is 9.47 Å². The molecule has 0 atom stereocenters. The highest BCUT2D eigenvalue weighted by Gasteiger charge is 2.04. The van der Waals surface area contributed by atoms with Crippen LogP contribution in [0.1, 0.15) is 5.56 Å². The molecule has 5 heteroatoms. The summed E-state index contributed by atoms with van der Waals surface area (Å²) in [5.74, 6) is 1.75. The highest BCUT2D eigenvalue weighted by Crippen LogP contribution is 2.17. The molecular formula is C13H15N3O2. The Bertz CT molecular complexity index is 503. The van der Waals surface area contributed by atoms with E-state index in [0.717, 1.165) is 11.3 Å². The van der Waals surface area contributed by atoms with Crippen LogP contribution in [-0.2, 0) is 0 Å². The first kappa shape index (κ1) is 12.2. The molecule has 0 aliphatic rings. The molecule has 0 fully saturated rings. The molecule has 0 amide bonds. The van der Waals surface area contributed by atoms with Crippen molar-refractivity contribution in [2.75, 3.05) is 18.9 Å². The lowest BCUT2D eigenvalue weighted by Crippen LogP contribution is -2.11. The average Bonchev–Trinajstić information content (AvgIpc) is 2.40. The molecule has 94 valence electrons. The Labute approximate surface area is 106 Å². The number of nitrogen functional groups attached to an aromatic ring is 1.